The molecule has 3 saturated carbocycles. The second kappa shape index (κ2) is 12.8. The lowest BCUT2D eigenvalue weighted by Crippen LogP contribution is -2.65. The number of fused-ring (bicyclic) bond motifs is 5. The van der Waals surface area contributed by atoms with Gasteiger partial charge in [-0.3, -0.25) is 14.4 Å². The standard InChI is InChI=1S/C35H54O9/c1-18(2)15-28(38)44-33-32(42-21(5)37)30-24(26-12-11-25(19(3)36)35(26,33)7)10-9-22-16-23(13-14-34(22,30)6)43-29-17-27(40-8)31(39)20(4)41-29/h9,18,20,23-27,29-33,39H,10-17H2,1-8H3/t20-,23?,24+,25-,26+,27+,29+,30-,31-,32?,33?,34+,35-/m1/s1. The highest BCUT2D eigenvalue weighted by atomic mass is 16.7. The molecule has 0 radical (unpaired) electrons. The van der Waals surface area contributed by atoms with E-state index in [4.69, 9.17) is 23.7 Å². The predicted octanol–water partition coefficient (Wildman–Crippen LogP) is 5.16. The number of aliphatic hydroxyl groups is 1. The first-order valence-corrected chi connectivity index (χ1v) is 16.8. The number of ketones is 1. The fourth-order valence-electron chi connectivity index (χ4n) is 10.0. The van der Waals surface area contributed by atoms with Gasteiger partial charge in [-0.05, 0) is 75.5 Å². The normalized spacial score (nSPS) is 45.0. The van der Waals surface area contributed by atoms with Gasteiger partial charge in [0.1, 0.15) is 24.1 Å². The molecule has 4 fully saturated rings. The van der Waals surface area contributed by atoms with E-state index in [-0.39, 0.29) is 71.5 Å². The molecule has 0 aromatic heterocycles. The van der Waals surface area contributed by atoms with E-state index >= 15 is 0 Å². The van der Waals surface area contributed by atoms with Gasteiger partial charge in [-0.2, -0.15) is 0 Å². The van der Waals surface area contributed by atoms with Crippen LogP contribution in [0.1, 0.15) is 99.8 Å². The first kappa shape index (κ1) is 33.6. The van der Waals surface area contributed by atoms with Gasteiger partial charge in [-0.1, -0.05) is 39.3 Å². The molecule has 0 bridgehead atoms. The summed E-state index contributed by atoms with van der Waals surface area (Å²) >= 11 is 0. The Hall–Kier alpha value is -1.81. The number of carbonyl (C=O) groups is 3. The first-order chi connectivity index (χ1) is 20.7. The Bertz CT molecular complexity index is 1130. The number of hydrogen-bond donors (Lipinski definition) is 1. The van der Waals surface area contributed by atoms with Crippen LogP contribution in [0.15, 0.2) is 11.6 Å². The summed E-state index contributed by atoms with van der Waals surface area (Å²) < 4.78 is 30.6. The number of allylic oxidation sites excluding steroid dienone is 1. The van der Waals surface area contributed by atoms with E-state index < -0.39 is 36.0 Å². The maximum Gasteiger partial charge on any atom is 0.306 e. The zero-order chi connectivity index (χ0) is 32.1. The van der Waals surface area contributed by atoms with Crippen LogP contribution >= 0.6 is 0 Å². The molecule has 0 spiro atoms. The average Bonchev–Trinajstić information content (AvgIpc) is 3.30. The van der Waals surface area contributed by atoms with Crippen LogP contribution in [0.3, 0.4) is 0 Å². The van der Waals surface area contributed by atoms with Crippen LogP contribution in [0.2, 0.25) is 0 Å². The first-order valence-electron chi connectivity index (χ1n) is 16.8. The van der Waals surface area contributed by atoms with Crippen molar-refractivity contribution < 1.29 is 43.2 Å². The van der Waals surface area contributed by atoms with Crippen molar-refractivity contribution in [1.29, 1.82) is 0 Å². The van der Waals surface area contributed by atoms with Crippen LogP contribution in [0, 0.1) is 40.4 Å². The topological polar surface area (TPSA) is 118 Å². The van der Waals surface area contributed by atoms with Crippen molar-refractivity contribution in [2.75, 3.05) is 7.11 Å². The third-order valence-corrected chi connectivity index (χ3v) is 12.0. The molecule has 13 atom stereocenters. The summed E-state index contributed by atoms with van der Waals surface area (Å²) in [5.41, 5.74) is 0.392. The van der Waals surface area contributed by atoms with Crippen molar-refractivity contribution in [3.8, 4) is 0 Å². The molecule has 1 saturated heterocycles. The zero-order valence-electron chi connectivity index (χ0n) is 27.9. The minimum absolute atomic E-state index is 0.0491. The Balaban J connectivity index is 1.46. The van der Waals surface area contributed by atoms with Crippen molar-refractivity contribution in [3.05, 3.63) is 11.6 Å². The lowest BCUT2D eigenvalue weighted by atomic mass is 9.45. The Morgan fingerprint density at radius 2 is 1.84 bits per heavy atom. The lowest BCUT2D eigenvalue weighted by molar-refractivity contribution is -0.267. The van der Waals surface area contributed by atoms with Crippen molar-refractivity contribution in [2.45, 2.75) is 143 Å². The van der Waals surface area contributed by atoms with E-state index in [0.717, 1.165) is 38.5 Å². The molecule has 1 N–H and O–H groups in total. The molecule has 4 aliphatic carbocycles. The van der Waals surface area contributed by atoms with Crippen LogP contribution < -0.4 is 0 Å². The largest absolute Gasteiger partial charge is 0.458 e. The molecule has 1 heterocycles. The summed E-state index contributed by atoms with van der Waals surface area (Å²) in [6.07, 6.45) is 4.68. The smallest absolute Gasteiger partial charge is 0.306 e. The van der Waals surface area contributed by atoms with Gasteiger partial charge in [0, 0.05) is 44.1 Å². The fourth-order valence-corrected chi connectivity index (χ4v) is 10.0. The summed E-state index contributed by atoms with van der Waals surface area (Å²) in [5.74, 6) is -0.395. The number of aliphatic hydroxyl groups excluding tert-OH is 1. The van der Waals surface area contributed by atoms with E-state index in [1.165, 1.54) is 12.5 Å². The highest BCUT2D eigenvalue weighted by Gasteiger charge is 2.69. The molecule has 9 nitrogen and oxygen atoms in total. The molecule has 1 aliphatic heterocycles. The van der Waals surface area contributed by atoms with Crippen LogP contribution in [0.25, 0.3) is 0 Å². The summed E-state index contributed by atoms with van der Waals surface area (Å²) in [6.45, 7) is 13.3. The number of Topliss-reactive ketones (excluding diaryl/α,β-unsaturated/α-hetero) is 1. The number of hydrogen-bond acceptors (Lipinski definition) is 9. The number of esters is 2. The molecule has 9 heteroatoms. The van der Waals surface area contributed by atoms with Crippen molar-refractivity contribution >= 4 is 17.7 Å². The third-order valence-electron chi connectivity index (χ3n) is 12.0. The van der Waals surface area contributed by atoms with Crippen molar-refractivity contribution in [2.24, 2.45) is 40.4 Å². The molecule has 248 valence electrons. The monoisotopic (exact) mass is 618 g/mol. The van der Waals surface area contributed by atoms with E-state index in [9.17, 15) is 19.5 Å². The quantitative estimate of drug-likeness (QED) is 0.291. The molecule has 5 aliphatic rings. The van der Waals surface area contributed by atoms with E-state index in [1.54, 1.807) is 14.0 Å². The third kappa shape index (κ3) is 5.91. The Morgan fingerprint density at radius 3 is 2.48 bits per heavy atom. The summed E-state index contributed by atoms with van der Waals surface area (Å²) in [6, 6.07) is 0. The molecule has 0 aromatic rings. The molecule has 3 unspecified atom stereocenters. The molecule has 5 rings (SSSR count). The summed E-state index contributed by atoms with van der Waals surface area (Å²) in [5, 5.41) is 10.4. The van der Waals surface area contributed by atoms with Gasteiger partial charge < -0.3 is 28.8 Å². The Labute approximate surface area is 262 Å². The minimum Gasteiger partial charge on any atom is -0.458 e. The molecule has 0 aromatic carbocycles. The van der Waals surface area contributed by atoms with E-state index in [0.29, 0.717) is 6.42 Å². The number of methoxy groups -OCH3 is 1. The average molecular weight is 619 g/mol. The van der Waals surface area contributed by atoms with Gasteiger partial charge in [-0.15, -0.1) is 0 Å². The second-order valence-electron chi connectivity index (χ2n) is 15.1. The molecule has 44 heavy (non-hydrogen) atoms. The van der Waals surface area contributed by atoms with Gasteiger partial charge in [0.25, 0.3) is 0 Å². The van der Waals surface area contributed by atoms with E-state index in [2.05, 4.69) is 19.9 Å². The van der Waals surface area contributed by atoms with Crippen molar-refractivity contribution in [3.63, 3.8) is 0 Å². The SMILES string of the molecule is CO[C@H]1C[C@H](OC2CC[C@@]3(C)C(=CC[C@H]4[C@@H]5CC[C@H](C(C)=O)[C@@]5(C)C(OC(=O)CC(C)C)C(OC(C)=O)[C@@H]43)C2)O[C@H](C)[C@H]1O. The Kier molecular flexibility index (Phi) is 9.73. The molecular weight excluding hydrogens is 564 g/mol. The number of rotatable bonds is 8. The highest BCUT2D eigenvalue weighted by Crippen LogP contribution is 2.67. The second-order valence-corrected chi connectivity index (χ2v) is 15.1. The van der Waals surface area contributed by atoms with Crippen LogP contribution in [-0.2, 0) is 38.1 Å². The van der Waals surface area contributed by atoms with Gasteiger partial charge >= 0.3 is 11.9 Å². The summed E-state index contributed by atoms with van der Waals surface area (Å²) in [4.78, 5) is 39.1. The van der Waals surface area contributed by atoms with Gasteiger partial charge in [0.05, 0.1) is 18.3 Å². The van der Waals surface area contributed by atoms with Crippen LogP contribution in [0.4, 0.5) is 0 Å². The zero-order valence-corrected chi connectivity index (χ0v) is 27.9. The van der Waals surface area contributed by atoms with Gasteiger partial charge in [0.15, 0.2) is 6.29 Å². The maximum atomic E-state index is 13.3. The Morgan fingerprint density at radius 1 is 1.11 bits per heavy atom. The fraction of sp³-hybridized carbons (Fsp3) is 0.857. The van der Waals surface area contributed by atoms with Crippen LogP contribution in [0.5, 0.6) is 0 Å². The highest BCUT2D eigenvalue weighted by molar-refractivity contribution is 5.80. The number of carbonyl (C=O) groups excluding carboxylic acids is 3. The van der Waals surface area contributed by atoms with Gasteiger partial charge in [0.2, 0.25) is 0 Å². The van der Waals surface area contributed by atoms with Gasteiger partial charge in [-0.25, -0.2) is 0 Å². The van der Waals surface area contributed by atoms with E-state index in [1.807, 2.05) is 20.8 Å². The minimum atomic E-state index is -0.694. The molecular formula is C35H54O9. The maximum absolute atomic E-state index is 13.3. The van der Waals surface area contributed by atoms with Crippen molar-refractivity contribution in [1.82, 2.24) is 0 Å². The molecule has 0 amide bonds. The lowest BCUT2D eigenvalue weighted by Gasteiger charge is -2.62. The number of ether oxygens (including phenoxy) is 5. The van der Waals surface area contributed by atoms with Crippen LogP contribution in [-0.4, -0.2) is 72.9 Å². The predicted molar refractivity (Wildman–Crippen MR) is 162 cm³/mol. The summed E-state index contributed by atoms with van der Waals surface area (Å²) in [7, 11) is 1.60.